The lowest BCUT2D eigenvalue weighted by Crippen LogP contribution is -2.39. The van der Waals surface area contributed by atoms with Crippen LogP contribution in [0.2, 0.25) is 0 Å². The first-order chi connectivity index (χ1) is 11.2. The molecule has 4 nitrogen and oxygen atoms in total. The highest BCUT2D eigenvalue weighted by atomic mass is 35.5. The molecule has 1 aromatic rings. The summed E-state index contributed by atoms with van der Waals surface area (Å²) in [6, 6.07) is 10.5. The van der Waals surface area contributed by atoms with Crippen LogP contribution in [0.3, 0.4) is 0 Å². The number of halogens is 1. The van der Waals surface area contributed by atoms with Crippen molar-refractivity contribution >= 4 is 18.3 Å². The van der Waals surface area contributed by atoms with Crippen molar-refractivity contribution in [2.24, 2.45) is 17.6 Å². The number of carbonyl (C=O) groups is 1. The molecule has 5 heteroatoms. The predicted molar refractivity (Wildman–Crippen MR) is 98.0 cm³/mol. The quantitative estimate of drug-likeness (QED) is 0.886. The third-order valence-corrected chi connectivity index (χ3v) is 5.13. The summed E-state index contributed by atoms with van der Waals surface area (Å²) >= 11 is 0. The fourth-order valence-electron chi connectivity index (χ4n) is 3.80. The van der Waals surface area contributed by atoms with Crippen LogP contribution in [0.1, 0.15) is 37.7 Å². The van der Waals surface area contributed by atoms with Crippen LogP contribution in [0.5, 0.6) is 0 Å². The molecule has 1 aromatic carbocycles. The summed E-state index contributed by atoms with van der Waals surface area (Å²) < 4.78 is 5.84. The Labute approximate surface area is 151 Å². The van der Waals surface area contributed by atoms with E-state index in [4.69, 9.17) is 10.5 Å². The molecule has 3 unspecified atom stereocenters. The molecule has 1 saturated carbocycles. The normalized spacial score (nSPS) is 26.9. The maximum absolute atomic E-state index is 12.6. The number of carbonyl (C=O) groups excluding carboxylic acids is 1. The molecule has 0 bridgehead atoms. The molecule has 3 atom stereocenters. The number of benzene rings is 1. The molecule has 1 heterocycles. The van der Waals surface area contributed by atoms with E-state index in [1.54, 1.807) is 0 Å². The topological polar surface area (TPSA) is 55.6 Å². The molecule has 2 fully saturated rings. The van der Waals surface area contributed by atoms with Gasteiger partial charge < -0.3 is 15.4 Å². The monoisotopic (exact) mass is 352 g/mol. The number of hydrogen-bond donors (Lipinski definition) is 1. The number of likely N-dealkylation sites (tertiary alicyclic amines) is 1. The highest BCUT2D eigenvalue weighted by Crippen LogP contribution is 2.27. The Balaban J connectivity index is 0.00000208. The minimum atomic E-state index is 0. The molecule has 1 saturated heterocycles. The highest BCUT2D eigenvalue weighted by Gasteiger charge is 2.33. The van der Waals surface area contributed by atoms with Crippen LogP contribution in [-0.4, -0.2) is 36.5 Å². The molecular formula is C19H29ClN2O2. The Kier molecular flexibility index (Phi) is 7.53. The summed E-state index contributed by atoms with van der Waals surface area (Å²) in [5, 5.41) is 0. The number of ether oxygens (including phenoxy) is 1. The van der Waals surface area contributed by atoms with Gasteiger partial charge in [-0.25, -0.2) is 0 Å². The summed E-state index contributed by atoms with van der Waals surface area (Å²) in [5.74, 6) is 0.952. The average Bonchev–Trinajstić information content (AvgIpc) is 3.04. The van der Waals surface area contributed by atoms with Gasteiger partial charge in [0.2, 0.25) is 5.91 Å². The van der Waals surface area contributed by atoms with Gasteiger partial charge in [-0.05, 0) is 31.2 Å². The zero-order valence-corrected chi connectivity index (χ0v) is 15.0. The second kappa shape index (κ2) is 9.40. The maximum Gasteiger partial charge on any atom is 0.225 e. The third kappa shape index (κ3) is 5.20. The first-order valence-electron chi connectivity index (χ1n) is 8.88. The van der Waals surface area contributed by atoms with Gasteiger partial charge in [-0.1, -0.05) is 36.8 Å². The van der Waals surface area contributed by atoms with Crippen molar-refractivity contribution in [3.05, 3.63) is 35.9 Å². The van der Waals surface area contributed by atoms with E-state index >= 15 is 0 Å². The predicted octanol–water partition coefficient (Wildman–Crippen LogP) is 2.99. The first kappa shape index (κ1) is 19.2. The molecule has 3 rings (SSSR count). The van der Waals surface area contributed by atoms with Crippen molar-refractivity contribution in [3.8, 4) is 0 Å². The third-order valence-electron chi connectivity index (χ3n) is 5.13. The lowest BCUT2D eigenvalue weighted by atomic mass is 9.85. The van der Waals surface area contributed by atoms with Gasteiger partial charge in [-0.3, -0.25) is 4.79 Å². The number of rotatable bonds is 5. The number of amides is 1. The van der Waals surface area contributed by atoms with Crippen LogP contribution in [0.4, 0.5) is 0 Å². The van der Waals surface area contributed by atoms with E-state index in [2.05, 4.69) is 12.1 Å². The van der Waals surface area contributed by atoms with E-state index in [1.807, 2.05) is 23.1 Å². The van der Waals surface area contributed by atoms with Gasteiger partial charge in [0.25, 0.3) is 0 Å². The van der Waals surface area contributed by atoms with E-state index in [0.717, 1.165) is 51.8 Å². The van der Waals surface area contributed by atoms with Crippen LogP contribution in [0.15, 0.2) is 30.3 Å². The van der Waals surface area contributed by atoms with E-state index < -0.39 is 0 Å². The molecule has 2 aliphatic rings. The molecule has 0 radical (unpaired) electrons. The molecule has 1 aliphatic heterocycles. The molecule has 2 N–H and O–H groups in total. The van der Waals surface area contributed by atoms with Crippen LogP contribution in [0, 0.1) is 11.8 Å². The molecular weight excluding hydrogens is 324 g/mol. The number of hydrogen-bond acceptors (Lipinski definition) is 3. The zero-order valence-electron chi connectivity index (χ0n) is 14.2. The lowest BCUT2D eigenvalue weighted by molar-refractivity contribution is -0.135. The Bertz CT molecular complexity index is 511. The molecule has 0 aromatic heterocycles. The average molecular weight is 353 g/mol. The van der Waals surface area contributed by atoms with Gasteiger partial charge in [0.05, 0.1) is 13.2 Å². The van der Waals surface area contributed by atoms with Crippen LogP contribution in [-0.2, 0) is 16.1 Å². The Hall–Kier alpha value is -1.10. The van der Waals surface area contributed by atoms with Gasteiger partial charge >= 0.3 is 0 Å². The minimum absolute atomic E-state index is 0. The fourth-order valence-corrected chi connectivity index (χ4v) is 3.80. The van der Waals surface area contributed by atoms with E-state index in [0.29, 0.717) is 18.4 Å². The van der Waals surface area contributed by atoms with Crippen LogP contribution in [0.25, 0.3) is 0 Å². The molecule has 1 aliphatic carbocycles. The molecule has 0 spiro atoms. The first-order valence-corrected chi connectivity index (χ1v) is 8.88. The van der Waals surface area contributed by atoms with E-state index in [1.165, 1.54) is 5.56 Å². The second-order valence-corrected chi connectivity index (χ2v) is 7.06. The van der Waals surface area contributed by atoms with Crippen molar-refractivity contribution in [3.63, 3.8) is 0 Å². The minimum Gasteiger partial charge on any atom is -0.376 e. The summed E-state index contributed by atoms with van der Waals surface area (Å²) in [7, 11) is 0. The number of nitrogens with zero attached hydrogens (tertiary/aromatic N) is 1. The van der Waals surface area contributed by atoms with Crippen molar-refractivity contribution in [1.29, 1.82) is 0 Å². The van der Waals surface area contributed by atoms with Crippen LogP contribution >= 0.6 is 12.4 Å². The SMILES string of the molecule is Cl.NC1CCCC(C(=O)N2CCC(COCc3ccccc3)C2)C1. The zero-order chi connectivity index (χ0) is 16.1. The highest BCUT2D eigenvalue weighted by molar-refractivity contribution is 5.85. The largest absolute Gasteiger partial charge is 0.376 e. The van der Waals surface area contributed by atoms with Crippen molar-refractivity contribution in [2.75, 3.05) is 19.7 Å². The Morgan fingerprint density at radius 2 is 2.00 bits per heavy atom. The summed E-state index contributed by atoms with van der Waals surface area (Å²) in [6.45, 7) is 3.12. The van der Waals surface area contributed by atoms with E-state index in [-0.39, 0.29) is 24.4 Å². The standard InChI is InChI=1S/C19H28N2O2.ClH/c20-18-8-4-7-17(11-18)19(22)21-10-9-16(12-21)14-23-13-15-5-2-1-3-6-15;/h1-3,5-6,16-18H,4,7-14,20H2;1H. The van der Waals surface area contributed by atoms with Gasteiger partial charge in [0.15, 0.2) is 0 Å². The summed E-state index contributed by atoms with van der Waals surface area (Å²) in [5.41, 5.74) is 7.22. The van der Waals surface area contributed by atoms with Crippen LogP contribution < -0.4 is 5.73 Å². The van der Waals surface area contributed by atoms with Crippen molar-refractivity contribution in [2.45, 2.75) is 44.8 Å². The van der Waals surface area contributed by atoms with E-state index in [9.17, 15) is 4.79 Å². The summed E-state index contributed by atoms with van der Waals surface area (Å²) in [6.07, 6.45) is 5.09. The second-order valence-electron chi connectivity index (χ2n) is 7.06. The van der Waals surface area contributed by atoms with Gasteiger partial charge in [0.1, 0.15) is 0 Å². The van der Waals surface area contributed by atoms with Gasteiger partial charge in [-0.2, -0.15) is 0 Å². The fraction of sp³-hybridized carbons (Fsp3) is 0.632. The molecule has 134 valence electrons. The summed E-state index contributed by atoms with van der Waals surface area (Å²) in [4.78, 5) is 14.7. The molecule has 24 heavy (non-hydrogen) atoms. The van der Waals surface area contributed by atoms with Crippen molar-refractivity contribution < 1.29 is 9.53 Å². The molecule has 1 amide bonds. The maximum atomic E-state index is 12.6. The lowest BCUT2D eigenvalue weighted by Gasteiger charge is -2.29. The Morgan fingerprint density at radius 1 is 1.21 bits per heavy atom. The smallest absolute Gasteiger partial charge is 0.225 e. The van der Waals surface area contributed by atoms with Crippen molar-refractivity contribution in [1.82, 2.24) is 4.90 Å². The van der Waals surface area contributed by atoms with Gasteiger partial charge in [-0.15, -0.1) is 12.4 Å². The Morgan fingerprint density at radius 3 is 2.75 bits per heavy atom. The van der Waals surface area contributed by atoms with Gasteiger partial charge in [0, 0.05) is 31.0 Å². The number of nitrogens with two attached hydrogens (primary N) is 1.